The molecule has 1 atom stereocenters. The number of hydrogen-bond acceptors (Lipinski definition) is 3. The number of hydrogen-bond donors (Lipinski definition) is 0. The Hall–Kier alpha value is -1.13. The van der Waals surface area contributed by atoms with Gasteiger partial charge in [0.25, 0.3) is 0 Å². The van der Waals surface area contributed by atoms with Crippen LogP contribution < -0.4 is 0 Å². The molecule has 0 fully saturated rings. The van der Waals surface area contributed by atoms with E-state index in [1.807, 2.05) is 0 Å². The van der Waals surface area contributed by atoms with Crippen LogP contribution in [0.25, 0.3) is 0 Å². The Kier molecular flexibility index (Phi) is 5.25. The maximum Gasteiger partial charge on any atom is 0.410 e. The summed E-state index contributed by atoms with van der Waals surface area (Å²) in [5.41, 5.74) is -0.617. The van der Waals surface area contributed by atoms with Gasteiger partial charge in [-0.1, -0.05) is 0 Å². The van der Waals surface area contributed by atoms with Gasteiger partial charge >= 0.3 is 6.09 Å². The van der Waals surface area contributed by atoms with Crippen LogP contribution in [0.5, 0.6) is 0 Å². The van der Waals surface area contributed by atoms with Crippen LogP contribution in [0.2, 0.25) is 0 Å². The molecule has 0 aromatic heterocycles. The highest BCUT2D eigenvalue weighted by molar-refractivity contribution is 5.73. The van der Waals surface area contributed by atoms with Crippen LogP contribution in [0.15, 0.2) is 0 Å². The first-order chi connectivity index (χ1) is 6.81. The summed E-state index contributed by atoms with van der Waals surface area (Å²) in [6, 6.07) is -0.759. The van der Waals surface area contributed by atoms with Crippen LogP contribution in [-0.4, -0.2) is 42.6 Å². The molecule has 4 nitrogen and oxygen atoms in total. The van der Waals surface area contributed by atoms with Gasteiger partial charge in [0.1, 0.15) is 11.9 Å². The second-order valence-corrected chi connectivity index (χ2v) is 4.27. The van der Waals surface area contributed by atoms with Crippen LogP contribution >= 0.6 is 0 Å². The van der Waals surface area contributed by atoms with Gasteiger partial charge in [0.15, 0.2) is 0 Å². The highest BCUT2D eigenvalue weighted by atomic mass is 19.1. The first-order valence-electron chi connectivity index (χ1n) is 4.79. The average Bonchev–Trinajstić information content (AvgIpc) is 2.10. The van der Waals surface area contributed by atoms with Crippen LogP contribution in [0, 0.1) is 0 Å². The molecule has 0 saturated carbocycles. The first-order valence-corrected chi connectivity index (χ1v) is 4.79. The molecule has 0 heterocycles. The molecule has 88 valence electrons. The van der Waals surface area contributed by atoms with Gasteiger partial charge in [-0.05, 0) is 20.8 Å². The summed E-state index contributed by atoms with van der Waals surface area (Å²) >= 11 is 0. The lowest BCUT2D eigenvalue weighted by molar-refractivity contribution is -0.112. The quantitative estimate of drug-likeness (QED) is 0.677. The molecule has 5 heteroatoms. The molecule has 0 bridgehead atoms. The van der Waals surface area contributed by atoms with E-state index in [4.69, 9.17) is 4.74 Å². The van der Waals surface area contributed by atoms with E-state index in [2.05, 4.69) is 0 Å². The van der Waals surface area contributed by atoms with Crippen molar-refractivity contribution in [2.24, 2.45) is 0 Å². The number of amides is 1. The molecule has 0 aromatic carbocycles. The predicted molar refractivity (Wildman–Crippen MR) is 54.4 cm³/mol. The van der Waals surface area contributed by atoms with Gasteiger partial charge in [-0.25, -0.2) is 4.79 Å². The fourth-order valence-corrected chi connectivity index (χ4v) is 0.934. The molecule has 1 unspecified atom stereocenters. The van der Waals surface area contributed by atoms with Gasteiger partial charge < -0.3 is 14.4 Å². The topological polar surface area (TPSA) is 46.6 Å². The standard InChI is InChI=1S/C10H18FNO3/c1-10(2,3)15-9(14)12(4)8(7-13)5-6-11/h7-8H,5-6H2,1-4H3. The highest BCUT2D eigenvalue weighted by Crippen LogP contribution is 2.11. The number of ether oxygens (including phenoxy) is 1. The molecule has 15 heavy (non-hydrogen) atoms. The zero-order valence-electron chi connectivity index (χ0n) is 9.62. The molecule has 0 rings (SSSR count). The first kappa shape index (κ1) is 13.9. The lowest BCUT2D eigenvalue weighted by Crippen LogP contribution is -2.41. The molecular formula is C10H18FNO3. The Morgan fingerprint density at radius 1 is 1.53 bits per heavy atom. The molecule has 0 aliphatic carbocycles. The summed E-state index contributed by atoms with van der Waals surface area (Å²) < 4.78 is 17.1. The summed E-state index contributed by atoms with van der Waals surface area (Å²) in [6.45, 7) is 4.54. The van der Waals surface area contributed by atoms with Crippen molar-refractivity contribution in [2.45, 2.75) is 38.8 Å². The number of nitrogens with zero attached hydrogens (tertiary/aromatic N) is 1. The third-order valence-corrected chi connectivity index (χ3v) is 1.74. The maximum atomic E-state index is 12.1. The number of halogens is 1. The minimum absolute atomic E-state index is 0.000751. The summed E-state index contributed by atoms with van der Waals surface area (Å²) in [7, 11) is 1.42. The zero-order valence-corrected chi connectivity index (χ0v) is 9.62. The molecule has 1 amide bonds. The van der Waals surface area contributed by atoms with Crippen LogP contribution in [-0.2, 0) is 9.53 Å². The summed E-state index contributed by atoms with van der Waals surface area (Å²) in [5.74, 6) is 0. The van der Waals surface area contributed by atoms with Crippen LogP contribution in [0.1, 0.15) is 27.2 Å². The number of alkyl halides is 1. The average molecular weight is 219 g/mol. The van der Waals surface area contributed by atoms with Crippen molar-refractivity contribution < 1.29 is 18.7 Å². The number of aldehydes is 1. The molecular weight excluding hydrogens is 201 g/mol. The Morgan fingerprint density at radius 2 is 2.07 bits per heavy atom. The smallest absolute Gasteiger partial charge is 0.410 e. The van der Waals surface area contributed by atoms with Crippen LogP contribution in [0.3, 0.4) is 0 Å². The van der Waals surface area contributed by atoms with Crippen molar-refractivity contribution in [3.63, 3.8) is 0 Å². The second-order valence-electron chi connectivity index (χ2n) is 4.27. The maximum absolute atomic E-state index is 12.1. The highest BCUT2D eigenvalue weighted by Gasteiger charge is 2.24. The van der Waals surface area contributed by atoms with Crippen molar-refractivity contribution in [2.75, 3.05) is 13.7 Å². The van der Waals surface area contributed by atoms with Crippen molar-refractivity contribution in [1.82, 2.24) is 4.90 Å². The number of carbonyl (C=O) groups excluding carboxylic acids is 2. The second kappa shape index (κ2) is 5.68. The third-order valence-electron chi connectivity index (χ3n) is 1.74. The van der Waals surface area contributed by atoms with Gasteiger partial charge in [-0.2, -0.15) is 0 Å². The Balaban J connectivity index is 4.34. The SMILES string of the molecule is CN(C(=O)OC(C)(C)C)C(C=O)CCF. The van der Waals surface area contributed by atoms with E-state index in [0.29, 0.717) is 6.29 Å². The van der Waals surface area contributed by atoms with E-state index >= 15 is 0 Å². The van der Waals surface area contributed by atoms with Gasteiger partial charge in [0.2, 0.25) is 0 Å². The Labute approximate surface area is 89.4 Å². The van der Waals surface area contributed by atoms with Crippen molar-refractivity contribution in [3.8, 4) is 0 Å². The molecule has 0 spiro atoms. The molecule has 0 saturated heterocycles. The van der Waals surface area contributed by atoms with Crippen molar-refractivity contribution in [1.29, 1.82) is 0 Å². The minimum atomic E-state index is -0.759. The Morgan fingerprint density at radius 3 is 2.40 bits per heavy atom. The number of likely N-dealkylation sites (N-methyl/N-ethyl adjacent to an activating group) is 1. The lowest BCUT2D eigenvalue weighted by Gasteiger charge is -2.27. The number of rotatable bonds is 4. The van der Waals surface area contributed by atoms with Gasteiger partial charge in [-0.3, -0.25) is 4.39 Å². The van der Waals surface area contributed by atoms with Crippen molar-refractivity contribution in [3.05, 3.63) is 0 Å². The summed E-state index contributed by atoms with van der Waals surface area (Å²) in [5, 5.41) is 0. The molecule has 0 radical (unpaired) electrons. The molecule has 0 N–H and O–H groups in total. The van der Waals surface area contributed by atoms with Gasteiger partial charge in [0, 0.05) is 13.5 Å². The van der Waals surface area contributed by atoms with Gasteiger partial charge in [-0.15, -0.1) is 0 Å². The lowest BCUT2D eigenvalue weighted by atomic mass is 10.2. The van der Waals surface area contributed by atoms with E-state index in [1.165, 1.54) is 7.05 Å². The van der Waals surface area contributed by atoms with E-state index in [-0.39, 0.29) is 6.42 Å². The molecule has 0 aliphatic heterocycles. The minimum Gasteiger partial charge on any atom is -0.444 e. The monoisotopic (exact) mass is 219 g/mol. The fourth-order valence-electron chi connectivity index (χ4n) is 0.934. The van der Waals surface area contributed by atoms with E-state index in [9.17, 15) is 14.0 Å². The fraction of sp³-hybridized carbons (Fsp3) is 0.800. The summed E-state index contributed by atoms with van der Waals surface area (Å²) in [6.07, 6.45) is -0.0732. The normalized spacial score (nSPS) is 13.1. The zero-order chi connectivity index (χ0) is 12.1. The Bertz CT molecular complexity index is 225. The molecule has 0 aromatic rings. The number of carbonyl (C=O) groups is 2. The third kappa shape index (κ3) is 5.34. The van der Waals surface area contributed by atoms with E-state index < -0.39 is 24.4 Å². The molecule has 0 aliphatic rings. The van der Waals surface area contributed by atoms with Crippen LogP contribution in [0.4, 0.5) is 9.18 Å². The largest absolute Gasteiger partial charge is 0.444 e. The van der Waals surface area contributed by atoms with Crippen molar-refractivity contribution >= 4 is 12.4 Å². The van der Waals surface area contributed by atoms with E-state index in [1.54, 1.807) is 20.8 Å². The van der Waals surface area contributed by atoms with Gasteiger partial charge in [0.05, 0.1) is 12.7 Å². The summed E-state index contributed by atoms with van der Waals surface area (Å²) in [4.78, 5) is 23.2. The van der Waals surface area contributed by atoms with E-state index in [0.717, 1.165) is 4.90 Å². The predicted octanol–water partition coefficient (Wildman–Crippen LogP) is 1.78.